The van der Waals surface area contributed by atoms with Crippen LogP contribution < -0.4 is 4.72 Å². The van der Waals surface area contributed by atoms with Crippen LogP contribution in [-0.4, -0.2) is 37.5 Å². The van der Waals surface area contributed by atoms with E-state index in [-0.39, 0.29) is 28.8 Å². The van der Waals surface area contributed by atoms with Crippen molar-refractivity contribution in [3.05, 3.63) is 47.3 Å². The Balaban J connectivity index is 2.03. The van der Waals surface area contributed by atoms with Crippen LogP contribution in [0.3, 0.4) is 0 Å². The Labute approximate surface area is 141 Å². The number of likely N-dealkylation sites (N-methyl/N-ethyl adjacent to an activating group) is 1. The molecule has 0 bridgehead atoms. The Morgan fingerprint density at radius 3 is 2.46 bits per heavy atom. The highest BCUT2D eigenvalue weighted by Gasteiger charge is 2.25. The second-order valence-corrected chi connectivity index (χ2v) is 7.08. The standard InChI is InChI=1S/C16H21N3O4S/c1-4-19(11-14-8-6-5-7-9-14)15(20)10-17-24(21,22)16-12(2)18-23-13(16)3/h5-9,17H,4,10-11H2,1-3H3. The third-order valence-electron chi connectivity index (χ3n) is 3.60. The normalized spacial score (nSPS) is 11.5. The van der Waals surface area contributed by atoms with Gasteiger partial charge in [-0.3, -0.25) is 4.79 Å². The van der Waals surface area contributed by atoms with Crippen LogP contribution in [0.4, 0.5) is 0 Å². The summed E-state index contributed by atoms with van der Waals surface area (Å²) in [6.45, 7) is 5.52. The van der Waals surface area contributed by atoms with Gasteiger partial charge in [-0.2, -0.15) is 0 Å². The van der Waals surface area contributed by atoms with Gasteiger partial charge in [0, 0.05) is 13.1 Å². The van der Waals surface area contributed by atoms with Crippen molar-refractivity contribution >= 4 is 15.9 Å². The lowest BCUT2D eigenvalue weighted by Gasteiger charge is -2.21. The van der Waals surface area contributed by atoms with Crippen LogP contribution in [0.2, 0.25) is 0 Å². The number of nitrogens with zero attached hydrogens (tertiary/aromatic N) is 2. The van der Waals surface area contributed by atoms with E-state index in [1.807, 2.05) is 37.3 Å². The molecule has 0 atom stereocenters. The third-order valence-corrected chi connectivity index (χ3v) is 5.25. The van der Waals surface area contributed by atoms with Gasteiger partial charge in [-0.25, -0.2) is 13.1 Å². The van der Waals surface area contributed by atoms with Crippen molar-refractivity contribution < 1.29 is 17.7 Å². The van der Waals surface area contributed by atoms with Gasteiger partial charge in [0.25, 0.3) is 0 Å². The maximum atomic E-state index is 12.3. The van der Waals surface area contributed by atoms with E-state index < -0.39 is 10.0 Å². The Morgan fingerprint density at radius 1 is 1.25 bits per heavy atom. The number of nitrogens with one attached hydrogen (secondary N) is 1. The Bertz CT molecular complexity index is 780. The fourth-order valence-corrected chi connectivity index (χ4v) is 3.68. The van der Waals surface area contributed by atoms with E-state index in [2.05, 4.69) is 9.88 Å². The molecule has 0 aliphatic rings. The summed E-state index contributed by atoms with van der Waals surface area (Å²) in [6.07, 6.45) is 0. The van der Waals surface area contributed by atoms with Crippen LogP contribution in [0.5, 0.6) is 0 Å². The Hall–Kier alpha value is -2.19. The Morgan fingerprint density at radius 2 is 1.92 bits per heavy atom. The first kappa shape index (κ1) is 18.2. The molecule has 1 aromatic heterocycles. The van der Waals surface area contributed by atoms with Gasteiger partial charge < -0.3 is 9.42 Å². The lowest BCUT2D eigenvalue weighted by Crippen LogP contribution is -2.39. The molecule has 0 aliphatic heterocycles. The van der Waals surface area contributed by atoms with Crippen molar-refractivity contribution in [1.29, 1.82) is 0 Å². The van der Waals surface area contributed by atoms with E-state index in [9.17, 15) is 13.2 Å². The molecule has 7 nitrogen and oxygen atoms in total. The summed E-state index contributed by atoms with van der Waals surface area (Å²) in [7, 11) is -3.84. The number of benzene rings is 1. The fourth-order valence-electron chi connectivity index (χ4n) is 2.38. The first-order valence-corrected chi connectivity index (χ1v) is 9.07. The molecule has 0 radical (unpaired) electrons. The molecular formula is C16H21N3O4S. The number of aryl methyl sites for hydroxylation is 2. The molecule has 1 N–H and O–H groups in total. The first-order chi connectivity index (χ1) is 11.3. The summed E-state index contributed by atoms with van der Waals surface area (Å²) < 4.78 is 31.8. The summed E-state index contributed by atoms with van der Waals surface area (Å²) in [5.41, 5.74) is 1.25. The molecule has 0 fully saturated rings. The lowest BCUT2D eigenvalue weighted by atomic mass is 10.2. The van der Waals surface area contributed by atoms with E-state index >= 15 is 0 Å². The fraction of sp³-hybridized carbons (Fsp3) is 0.375. The van der Waals surface area contributed by atoms with Gasteiger partial charge in [0.15, 0.2) is 5.76 Å². The second kappa shape index (κ2) is 7.59. The van der Waals surface area contributed by atoms with Crippen molar-refractivity contribution in [2.24, 2.45) is 0 Å². The minimum absolute atomic E-state index is 0.0126. The molecule has 1 amide bonds. The van der Waals surface area contributed by atoms with Crippen molar-refractivity contribution in [1.82, 2.24) is 14.8 Å². The van der Waals surface area contributed by atoms with Crippen molar-refractivity contribution in [2.75, 3.05) is 13.1 Å². The minimum Gasteiger partial charge on any atom is -0.360 e. The molecule has 130 valence electrons. The van der Waals surface area contributed by atoms with Crippen LogP contribution in [0.25, 0.3) is 0 Å². The van der Waals surface area contributed by atoms with E-state index in [0.717, 1.165) is 5.56 Å². The van der Waals surface area contributed by atoms with E-state index in [4.69, 9.17) is 4.52 Å². The van der Waals surface area contributed by atoms with Gasteiger partial charge in [0.1, 0.15) is 10.6 Å². The summed E-state index contributed by atoms with van der Waals surface area (Å²) in [4.78, 5) is 13.9. The van der Waals surface area contributed by atoms with Gasteiger partial charge in [-0.1, -0.05) is 35.5 Å². The van der Waals surface area contributed by atoms with Gasteiger partial charge in [0.2, 0.25) is 15.9 Å². The largest absolute Gasteiger partial charge is 0.360 e. The predicted molar refractivity (Wildman–Crippen MR) is 88.7 cm³/mol. The highest BCUT2D eigenvalue weighted by atomic mass is 32.2. The topological polar surface area (TPSA) is 92.5 Å². The summed E-state index contributed by atoms with van der Waals surface area (Å²) in [5, 5.41) is 3.63. The maximum Gasteiger partial charge on any atom is 0.246 e. The highest BCUT2D eigenvalue weighted by Crippen LogP contribution is 2.18. The molecule has 0 saturated heterocycles. The van der Waals surface area contributed by atoms with E-state index in [1.165, 1.54) is 6.92 Å². The smallest absolute Gasteiger partial charge is 0.246 e. The summed E-state index contributed by atoms with van der Waals surface area (Å²) in [6, 6.07) is 9.54. The number of sulfonamides is 1. The van der Waals surface area contributed by atoms with Crippen molar-refractivity contribution in [2.45, 2.75) is 32.2 Å². The van der Waals surface area contributed by atoms with Crippen LogP contribution in [-0.2, 0) is 21.4 Å². The SMILES string of the molecule is CCN(Cc1ccccc1)C(=O)CNS(=O)(=O)c1c(C)noc1C. The molecule has 2 rings (SSSR count). The average molecular weight is 351 g/mol. The number of rotatable bonds is 7. The second-order valence-electron chi connectivity index (χ2n) is 5.37. The zero-order valence-corrected chi connectivity index (χ0v) is 14.8. The number of carbonyl (C=O) groups is 1. The molecule has 1 aromatic carbocycles. The van der Waals surface area contributed by atoms with E-state index in [1.54, 1.807) is 11.8 Å². The van der Waals surface area contributed by atoms with Crippen molar-refractivity contribution in [3.63, 3.8) is 0 Å². The van der Waals surface area contributed by atoms with Crippen molar-refractivity contribution in [3.8, 4) is 0 Å². The zero-order chi connectivity index (χ0) is 17.7. The third kappa shape index (κ3) is 4.21. The summed E-state index contributed by atoms with van der Waals surface area (Å²) in [5.74, 6) is -0.0965. The molecular weight excluding hydrogens is 330 g/mol. The zero-order valence-electron chi connectivity index (χ0n) is 13.9. The number of hydrogen-bond acceptors (Lipinski definition) is 5. The van der Waals surface area contributed by atoms with Gasteiger partial charge in [-0.15, -0.1) is 0 Å². The van der Waals surface area contributed by atoms with Gasteiger partial charge in [0.05, 0.1) is 6.54 Å². The molecule has 2 aromatic rings. The number of carbonyl (C=O) groups excluding carboxylic acids is 1. The first-order valence-electron chi connectivity index (χ1n) is 7.59. The summed E-state index contributed by atoms with van der Waals surface area (Å²) >= 11 is 0. The highest BCUT2D eigenvalue weighted by molar-refractivity contribution is 7.89. The van der Waals surface area contributed by atoms with Crippen LogP contribution in [0, 0.1) is 13.8 Å². The van der Waals surface area contributed by atoms with Crippen LogP contribution >= 0.6 is 0 Å². The average Bonchev–Trinajstić information content (AvgIpc) is 2.91. The molecule has 24 heavy (non-hydrogen) atoms. The minimum atomic E-state index is -3.84. The number of aromatic nitrogens is 1. The molecule has 0 spiro atoms. The molecule has 0 aliphatic carbocycles. The molecule has 8 heteroatoms. The van der Waals surface area contributed by atoms with E-state index in [0.29, 0.717) is 13.1 Å². The molecule has 0 unspecified atom stereocenters. The Kier molecular flexibility index (Phi) is 5.74. The number of amides is 1. The van der Waals surface area contributed by atoms with Gasteiger partial charge in [-0.05, 0) is 26.3 Å². The van der Waals surface area contributed by atoms with Crippen LogP contribution in [0.1, 0.15) is 23.9 Å². The lowest BCUT2D eigenvalue weighted by molar-refractivity contribution is -0.130. The quantitative estimate of drug-likeness (QED) is 0.818. The maximum absolute atomic E-state index is 12.3. The number of hydrogen-bond donors (Lipinski definition) is 1. The molecule has 1 heterocycles. The van der Waals surface area contributed by atoms with Crippen LogP contribution in [0.15, 0.2) is 39.8 Å². The monoisotopic (exact) mass is 351 g/mol. The molecule has 0 saturated carbocycles. The van der Waals surface area contributed by atoms with Gasteiger partial charge >= 0.3 is 0 Å². The predicted octanol–water partition coefficient (Wildman–Crippen LogP) is 1.62.